The fraction of sp³-hybridized carbons (Fsp3) is 0.308. The Bertz CT molecular complexity index is 645. The molecule has 1 fully saturated rings. The Morgan fingerprint density at radius 3 is 2.65 bits per heavy atom. The molecule has 0 bridgehead atoms. The largest absolute Gasteiger partial charge is 0.322 e. The van der Waals surface area contributed by atoms with Crippen LogP contribution in [-0.4, -0.2) is 28.7 Å². The molecule has 5 nitrogen and oxygen atoms in total. The highest BCUT2D eigenvalue weighted by atomic mass is 19.2. The molecule has 1 aromatic carbocycles. The molecular formula is C13H10F2N2O3. The van der Waals surface area contributed by atoms with Crippen molar-refractivity contribution in [3.63, 3.8) is 0 Å². The number of nitrogens with one attached hydrogen (secondary N) is 1. The zero-order valence-electron chi connectivity index (χ0n) is 10.3. The van der Waals surface area contributed by atoms with Gasteiger partial charge < -0.3 is 4.90 Å². The Morgan fingerprint density at radius 1 is 1.20 bits per heavy atom. The van der Waals surface area contributed by atoms with Gasteiger partial charge in [0.25, 0.3) is 5.91 Å². The number of nitrogens with zero attached hydrogens (tertiary/aromatic N) is 1. The normalized spacial score (nSPS) is 22.0. The molecule has 3 rings (SSSR count). The van der Waals surface area contributed by atoms with E-state index >= 15 is 0 Å². The smallest absolute Gasteiger partial charge is 0.258 e. The quantitative estimate of drug-likeness (QED) is 0.771. The lowest BCUT2D eigenvalue weighted by molar-refractivity contribution is -0.136. The molecule has 2 aliphatic rings. The zero-order valence-corrected chi connectivity index (χ0v) is 10.3. The van der Waals surface area contributed by atoms with Crippen molar-refractivity contribution in [3.05, 3.63) is 34.9 Å². The number of halogens is 2. The first-order chi connectivity index (χ1) is 9.49. The maximum atomic E-state index is 13.7. The molecule has 0 aliphatic carbocycles. The summed E-state index contributed by atoms with van der Waals surface area (Å²) >= 11 is 0. The summed E-state index contributed by atoms with van der Waals surface area (Å²) in [5.74, 6) is -3.98. The van der Waals surface area contributed by atoms with E-state index in [0.29, 0.717) is 5.56 Å². The van der Waals surface area contributed by atoms with E-state index in [0.717, 1.165) is 6.07 Å². The Kier molecular flexibility index (Phi) is 2.77. The van der Waals surface area contributed by atoms with Crippen LogP contribution >= 0.6 is 0 Å². The van der Waals surface area contributed by atoms with Gasteiger partial charge in [0.05, 0.1) is 5.56 Å². The lowest BCUT2D eigenvalue weighted by Crippen LogP contribution is -2.52. The second-order valence-electron chi connectivity index (χ2n) is 4.80. The summed E-state index contributed by atoms with van der Waals surface area (Å²) in [6.07, 6.45) is 0.307. The van der Waals surface area contributed by atoms with E-state index in [-0.39, 0.29) is 24.9 Å². The van der Waals surface area contributed by atoms with Crippen LogP contribution in [0.2, 0.25) is 0 Å². The molecule has 2 aliphatic heterocycles. The van der Waals surface area contributed by atoms with E-state index in [9.17, 15) is 23.2 Å². The summed E-state index contributed by atoms with van der Waals surface area (Å²) in [6, 6.07) is 1.46. The second-order valence-corrected chi connectivity index (χ2v) is 4.80. The Labute approximate surface area is 112 Å². The molecule has 0 aromatic heterocycles. The van der Waals surface area contributed by atoms with Crippen LogP contribution in [0.5, 0.6) is 0 Å². The van der Waals surface area contributed by atoms with Crippen LogP contribution in [0.25, 0.3) is 0 Å². The SMILES string of the molecule is O=C1CCC(N2Cc3ccc(F)c(F)c3C2=O)C(=O)N1. The highest BCUT2D eigenvalue weighted by Crippen LogP contribution is 2.30. The van der Waals surface area contributed by atoms with Gasteiger partial charge >= 0.3 is 0 Å². The molecule has 1 N–H and O–H groups in total. The van der Waals surface area contributed by atoms with Crippen LogP contribution in [0.4, 0.5) is 8.78 Å². The van der Waals surface area contributed by atoms with Crippen LogP contribution in [0, 0.1) is 11.6 Å². The van der Waals surface area contributed by atoms with Crippen LogP contribution in [0.15, 0.2) is 12.1 Å². The summed E-state index contributed by atoms with van der Waals surface area (Å²) in [5.41, 5.74) is 0.0216. The number of hydrogen-bond acceptors (Lipinski definition) is 3. The minimum absolute atomic E-state index is 0.0393. The van der Waals surface area contributed by atoms with Gasteiger partial charge in [0.1, 0.15) is 6.04 Å². The van der Waals surface area contributed by atoms with Crippen molar-refractivity contribution in [3.8, 4) is 0 Å². The Balaban J connectivity index is 1.93. The fourth-order valence-electron chi connectivity index (χ4n) is 2.58. The van der Waals surface area contributed by atoms with Gasteiger partial charge in [0, 0.05) is 13.0 Å². The third-order valence-electron chi connectivity index (χ3n) is 3.58. The molecule has 2 heterocycles. The van der Waals surface area contributed by atoms with E-state index in [1.165, 1.54) is 11.0 Å². The van der Waals surface area contributed by atoms with Gasteiger partial charge in [-0.1, -0.05) is 6.07 Å². The van der Waals surface area contributed by atoms with E-state index in [2.05, 4.69) is 5.32 Å². The van der Waals surface area contributed by atoms with Crippen molar-refractivity contribution < 1.29 is 23.2 Å². The number of piperidine rings is 1. The Morgan fingerprint density at radius 2 is 1.95 bits per heavy atom. The summed E-state index contributed by atoms with van der Waals surface area (Å²) in [7, 11) is 0. The summed E-state index contributed by atoms with van der Waals surface area (Å²) in [6.45, 7) is 0.0393. The number of rotatable bonds is 1. The Hall–Kier alpha value is -2.31. The van der Waals surface area contributed by atoms with Gasteiger partial charge in [-0.05, 0) is 18.1 Å². The van der Waals surface area contributed by atoms with Gasteiger partial charge in [-0.15, -0.1) is 0 Å². The van der Waals surface area contributed by atoms with Crippen molar-refractivity contribution >= 4 is 17.7 Å². The first-order valence-electron chi connectivity index (χ1n) is 6.10. The van der Waals surface area contributed by atoms with Crippen LogP contribution in [0.3, 0.4) is 0 Å². The molecule has 7 heteroatoms. The molecule has 1 unspecified atom stereocenters. The predicted molar refractivity (Wildman–Crippen MR) is 62.4 cm³/mol. The fourth-order valence-corrected chi connectivity index (χ4v) is 2.58. The lowest BCUT2D eigenvalue weighted by atomic mass is 10.0. The van der Waals surface area contributed by atoms with Crippen molar-refractivity contribution in [2.24, 2.45) is 0 Å². The van der Waals surface area contributed by atoms with Gasteiger partial charge in [-0.2, -0.15) is 0 Å². The topological polar surface area (TPSA) is 66.5 Å². The third kappa shape index (κ3) is 1.77. The maximum Gasteiger partial charge on any atom is 0.258 e. The number of hydrogen-bond donors (Lipinski definition) is 1. The minimum atomic E-state index is -1.19. The molecule has 3 amide bonds. The number of carbonyl (C=O) groups excluding carboxylic acids is 3. The van der Waals surface area contributed by atoms with Gasteiger partial charge in [0.2, 0.25) is 11.8 Å². The minimum Gasteiger partial charge on any atom is -0.322 e. The zero-order chi connectivity index (χ0) is 14.4. The molecule has 1 atom stereocenters. The summed E-state index contributed by atoms with van der Waals surface area (Å²) < 4.78 is 26.9. The molecule has 0 saturated carbocycles. The molecule has 104 valence electrons. The molecule has 0 radical (unpaired) electrons. The van der Waals surface area contributed by atoms with Gasteiger partial charge in [-0.3, -0.25) is 19.7 Å². The van der Waals surface area contributed by atoms with Crippen LogP contribution in [-0.2, 0) is 16.1 Å². The maximum absolute atomic E-state index is 13.7. The number of benzene rings is 1. The monoisotopic (exact) mass is 280 g/mol. The predicted octanol–water partition coefficient (Wildman–Crippen LogP) is 0.726. The van der Waals surface area contributed by atoms with E-state index in [1.54, 1.807) is 0 Å². The van der Waals surface area contributed by atoms with Gasteiger partial charge in [0.15, 0.2) is 11.6 Å². The van der Waals surface area contributed by atoms with E-state index in [4.69, 9.17) is 0 Å². The first kappa shape index (κ1) is 12.7. The molecule has 0 spiro atoms. The number of imide groups is 1. The second kappa shape index (κ2) is 4.36. The van der Waals surface area contributed by atoms with Gasteiger partial charge in [-0.25, -0.2) is 8.78 Å². The van der Waals surface area contributed by atoms with Crippen molar-refractivity contribution in [2.45, 2.75) is 25.4 Å². The average molecular weight is 280 g/mol. The van der Waals surface area contributed by atoms with Crippen molar-refractivity contribution in [1.82, 2.24) is 10.2 Å². The molecule has 20 heavy (non-hydrogen) atoms. The van der Waals surface area contributed by atoms with Crippen molar-refractivity contribution in [2.75, 3.05) is 0 Å². The molecule has 1 aromatic rings. The summed E-state index contributed by atoms with van der Waals surface area (Å²) in [4.78, 5) is 36.2. The summed E-state index contributed by atoms with van der Waals surface area (Å²) in [5, 5.41) is 2.14. The van der Waals surface area contributed by atoms with E-state index < -0.39 is 35.4 Å². The number of amides is 3. The first-order valence-corrected chi connectivity index (χ1v) is 6.10. The third-order valence-corrected chi connectivity index (χ3v) is 3.58. The highest BCUT2D eigenvalue weighted by Gasteiger charge is 2.40. The lowest BCUT2D eigenvalue weighted by Gasteiger charge is -2.29. The molecule has 1 saturated heterocycles. The average Bonchev–Trinajstić information content (AvgIpc) is 2.72. The number of fused-ring (bicyclic) bond motifs is 1. The molecular weight excluding hydrogens is 270 g/mol. The van der Waals surface area contributed by atoms with Crippen LogP contribution < -0.4 is 5.32 Å². The number of carbonyl (C=O) groups is 3. The van der Waals surface area contributed by atoms with Crippen molar-refractivity contribution in [1.29, 1.82) is 0 Å². The van der Waals surface area contributed by atoms with Crippen LogP contribution in [0.1, 0.15) is 28.8 Å². The highest BCUT2D eigenvalue weighted by molar-refractivity contribution is 6.05. The van der Waals surface area contributed by atoms with E-state index in [1.807, 2.05) is 0 Å². The standard InChI is InChI=1S/C13H10F2N2O3/c14-7-2-1-6-5-17(13(20)10(6)11(7)15)8-3-4-9(18)16-12(8)19/h1-2,8H,3-5H2,(H,16,18,19).